The van der Waals surface area contributed by atoms with Gasteiger partial charge in [0, 0.05) is 19.0 Å². The number of rotatable bonds is 3. The summed E-state index contributed by atoms with van der Waals surface area (Å²) >= 11 is 0. The Balaban J connectivity index is 1.89. The number of esters is 1. The third kappa shape index (κ3) is 3.71. The largest absolute Gasteiger partial charge is 0.466 e. The molecule has 1 aliphatic carbocycles. The van der Waals surface area contributed by atoms with E-state index in [1.54, 1.807) is 0 Å². The van der Waals surface area contributed by atoms with E-state index in [1.165, 1.54) is 19.3 Å². The zero-order valence-electron chi connectivity index (χ0n) is 11.9. The molecule has 1 saturated heterocycles. The molecule has 0 bridgehead atoms. The molecule has 2 rings (SSSR count). The van der Waals surface area contributed by atoms with E-state index in [9.17, 15) is 9.59 Å². The average molecular weight is 267 g/mol. The van der Waals surface area contributed by atoms with Crippen LogP contribution >= 0.6 is 0 Å². The summed E-state index contributed by atoms with van der Waals surface area (Å²) in [6.45, 7) is 3.62. The summed E-state index contributed by atoms with van der Waals surface area (Å²) in [7, 11) is 0. The molecule has 4 nitrogen and oxygen atoms in total. The lowest BCUT2D eigenvalue weighted by Crippen LogP contribution is -2.45. The van der Waals surface area contributed by atoms with Gasteiger partial charge in [0.1, 0.15) is 0 Å². The Morgan fingerprint density at radius 3 is 2.42 bits per heavy atom. The van der Waals surface area contributed by atoms with E-state index in [-0.39, 0.29) is 23.7 Å². The second-order valence-corrected chi connectivity index (χ2v) is 5.71. The first-order chi connectivity index (χ1) is 9.22. The van der Waals surface area contributed by atoms with Gasteiger partial charge in [0.2, 0.25) is 5.91 Å². The maximum Gasteiger partial charge on any atom is 0.310 e. The lowest BCUT2D eigenvalue weighted by molar-refractivity contribution is -0.152. The summed E-state index contributed by atoms with van der Waals surface area (Å²) in [5, 5.41) is 0. The van der Waals surface area contributed by atoms with E-state index in [1.807, 2.05) is 11.8 Å². The van der Waals surface area contributed by atoms with Gasteiger partial charge in [-0.2, -0.15) is 0 Å². The van der Waals surface area contributed by atoms with Gasteiger partial charge in [0.05, 0.1) is 12.5 Å². The van der Waals surface area contributed by atoms with Gasteiger partial charge in [0.15, 0.2) is 0 Å². The van der Waals surface area contributed by atoms with Crippen molar-refractivity contribution >= 4 is 11.9 Å². The first kappa shape index (κ1) is 14.4. The number of amides is 1. The molecule has 2 fully saturated rings. The van der Waals surface area contributed by atoms with Crippen molar-refractivity contribution in [2.45, 2.75) is 51.9 Å². The lowest BCUT2D eigenvalue weighted by atomic mass is 9.87. The predicted molar refractivity (Wildman–Crippen MR) is 72.5 cm³/mol. The molecule has 4 heteroatoms. The number of hydrogen-bond acceptors (Lipinski definition) is 3. The fraction of sp³-hybridized carbons (Fsp3) is 0.867. The monoisotopic (exact) mass is 267 g/mol. The molecular weight excluding hydrogens is 242 g/mol. The highest BCUT2D eigenvalue weighted by molar-refractivity contribution is 5.80. The second kappa shape index (κ2) is 6.92. The van der Waals surface area contributed by atoms with Gasteiger partial charge in [-0.3, -0.25) is 9.59 Å². The molecule has 1 heterocycles. The van der Waals surface area contributed by atoms with Crippen LogP contribution in [-0.2, 0) is 14.3 Å². The van der Waals surface area contributed by atoms with Crippen molar-refractivity contribution in [3.8, 4) is 0 Å². The maximum absolute atomic E-state index is 12.5. The summed E-state index contributed by atoms with van der Waals surface area (Å²) in [4.78, 5) is 26.1. The molecule has 2 aliphatic rings. The Labute approximate surface area is 115 Å². The normalized spacial score (nSPS) is 25.1. The molecule has 0 radical (unpaired) electrons. The standard InChI is InChI=1S/C15H25NO3/c1-2-19-15(18)13-9-6-10-16(11-13)14(17)12-7-4-3-5-8-12/h12-13H,2-11H2,1H3. The number of carbonyl (C=O) groups excluding carboxylic acids is 2. The zero-order valence-corrected chi connectivity index (χ0v) is 11.9. The lowest BCUT2D eigenvalue weighted by Gasteiger charge is -2.35. The van der Waals surface area contributed by atoms with Crippen LogP contribution < -0.4 is 0 Å². The van der Waals surface area contributed by atoms with Gasteiger partial charge in [-0.1, -0.05) is 19.3 Å². The van der Waals surface area contributed by atoms with Crippen molar-refractivity contribution in [1.82, 2.24) is 4.90 Å². The number of likely N-dealkylation sites (tertiary alicyclic amines) is 1. The van der Waals surface area contributed by atoms with Crippen LogP contribution in [0.1, 0.15) is 51.9 Å². The molecule has 1 amide bonds. The van der Waals surface area contributed by atoms with Crippen LogP contribution in [0.15, 0.2) is 0 Å². The molecule has 1 atom stereocenters. The van der Waals surface area contributed by atoms with E-state index in [0.29, 0.717) is 13.2 Å². The minimum atomic E-state index is -0.136. The molecule has 0 aromatic rings. The van der Waals surface area contributed by atoms with Crippen molar-refractivity contribution in [3.05, 3.63) is 0 Å². The third-order valence-corrected chi connectivity index (χ3v) is 4.31. The molecule has 0 aromatic heterocycles. The zero-order chi connectivity index (χ0) is 13.7. The minimum absolute atomic E-state index is 0.110. The minimum Gasteiger partial charge on any atom is -0.466 e. The van der Waals surface area contributed by atoms with E-state index >= 15 is 0 Å². The Kier molecular flexibility index (Phi) is 5.23. The highest BCUT2D eigenvalue weighted by Crippen LogP contribution is 2.27. The Morgan fingerprint density at radius 1 is 1.05 bits per heavy atom. The number of carbonyl (C=O) groups is 2. The molecule has 0 N–H and O–H groups in total. The fourth-order valence-corrected chi connectivity index (χ4v) is 3.24. The SMILES string of the molecule is CCOC(=O)C1CCCN(C(=O)C2CCCCC2)C1. The summed E-state index contributed by atoms with van der Waals surface area (Å²) < 4.78 is 5.08. The van der Waals surface area contributed by atoms with Crippen LogP contribution in [0.2, 0.25) is 0 Å². The van der Waals surface area contributed by atoms with Gasteiger partial charge in [-0.25, -0.2) is 0 Å². The molecule has 1 aliphatic heterocycles. The molecule has 1 unspecified atom stereocenters. The Morgan fingerprint density at radius 2 is 1.74 bits per heavy atom. The maximum atomic E-state index is 12.5. The summed E-state index contributed by atoms with van der Waals surface area (Å²) in [5.74, 6) is 0.230. The van der Waals surface area contributed by atoms with E-state index in [4.69, 9.17) is 4.74 Å². The highest BCUT2D eigenvalue weighted by Gasteiger charge is 2.32. The van der Waals surface area contributed by atoms with Crippen molar-refractivity contribution in [3.63, 3.8) is 0 Å². The van der Waals surface area contributed by atoms with Crippen molar-refractivity contribution in [2.75, 3.05) is 19.7 Å². The molecule has 1 saturated carbocycles. The van der Waals surface area contributed by atoms with Gasteiger partial charge in [0.25, 0.3) is 0 Å². The van der Waals surface area contributed by atoms with Gasteiger partial charge < -0.3 is 9.64 Å². The average Bonchev–Trinajstić information content (AvgIpc) is 2.48. The van der Waals surface area contributed by atoms with Crippen LogP contribution in [-0.4, -0.2) is 36.5 Å². The van der Waals surface area contributed by atoms with Crippen LogP contribution in [0.5, 0.6) is 0 Å². The van der Waals surface area contributed by atoms with Crippen LogP contribution in [0.4, 0.5) is 0 Å². The topological polar surface area (TPSA) is 46.6 Å². The van der Waals surface area contributed by atoms with Crippen LogP contribution in [0, 0.1) is 11.8 Å². The van der Waals surface area contributed by atoms with E-state index < -0.39 is 0 Å². The highest BCUT2D eigenvalue weighted by atomic mass is 16.5. The smallest absolute Gasteiger partial charge is 0.310 e. The molecule has 19 heavy (non-hydrogen) atoms. The van der Waals surface area contributed by atoms with Crippen molar-refractivity contribution in [1.29, 1.82) is 0 Å². The van der Waals surface area contributed by atoms with Crippen LogP contribution in [0.3, 0.4) is 0 Å². The number of piperidine rings is 1. The van der Waals surface area contributed by atoms with Crippen molar-refractivity contribution in [2.24, 2.45) is 11.8 Å². The first-order valence-electron chi connectivity index (χ1n) is 7.67. The number of ether oxygens (including phenoxy) is 1. The molecule has 0 aromatic carbocycles. The van der Waals surface area contributed by atoms with Gasteiger partial charge in [-0.15, -0.1) is 0 Å². The second-order valence-electron chi connectivity index (χ2n) is 5.71. The quantitative estimate of drug-likeness (QED) is 0.737. The summed E-state index contributed by atoms with van der Waals surface area (Å²) in [6, 6.07) is 0. The Hall–Kier alpha value is -1.06. The van der Waals surface area contributed by atoms with Gasteiger partial charge in [-0.05, 0) is 32.6 Å². The Bertz CT molecular complexity index is 323. The van der Waals surface area contributed by atoms with E-state index in [2.05, 4.69) is 0 Å². The van der Waals surface area contributed by atoms with Crippen molar-refractivity contribution < 1.29 is 14.3 Å². The van der Waals surface area contributed by atoms with Crippen LogP contribution in [0.25, 0.3) is 0 Å². The summed E-state index contributed by atoms with van der Waals surface area (Å²) in [6.07, 6.45) is 7.43. The third-order valence-electron chi connectivity index (χ3n) is 4.31. The van der Waals surface area contributed by atoms with Gasteiger partial charge >= 0.3 is 5.97 Å². The molecular formula is C15H25NO3. The fourth-order valence-electron chi connectivity index (χ4n) is 3.24. The number of nitrogens with zero attached hydrogens (tertiary/aromatic N) is 1. The molecule has 0 spiro atoms. The van der Waals surface area contributed by atoms with E-state index in [0.717, 1.165) is 32.2 Å². The molecule has 108 valence electrons. The first-order valence-corrected chi connectivity index (χ1v) is 7.67. The predicted octanol–water partition coefficient (Wildman–Crippen LogP) is 2.37. The summed E-state index contributed by atoms with van der Waals surface area (Å²) in [5.41, 5.74) is 0. The number of hydrogen-bond donors (Lipinski definition) is 0.